The van der Waals surface area contributed by atoms with E-state index in [-0.39, 0.29) is 5.97 Å². The number of carbonyl (C=O) groups excluding carboxylic acids is 1. The predicted molar refractivity (Wildman–Crippen MR) is 88.0 cm³/mol. The van der Waals surface area contributed by atoms with Gasteiger partial charge in [0.15, 0.2) is 0 Å². The number of esters is 1. The molecule has 0 saturated heterocycles. The first kappa shape index (κ1) is 14.2. The third-order valence-electron chi connectivity index (χ3n) is 3.76. The molecule has 1 N–H and O–H groups in total. The molecule has 22 heavy (non-hydrogen) atoms. The highest BCUT2D eigenvalue weighted by atomic mass is 16.5. The van der Waals surface area contributed by atoms with Gasteiger partial charge in [-0.15, -0.1) is 0 Å². The minimum atomic E-state index is -0.311. The number of nitrogens with zero attached hydrogens (tertiary/aromatic N) is 1. The van der Waals surface area contributed by atoms with Crippen molar-refractivity contribution in [3.63, 3.8) is 0 Å². The van der Waals surface area contributed by atoms with Gasteiger partial charge in [0.1, 0.15) is 0 Å². The van der Waals surface area contributed by atoms with Crippen LogP contribution in [0.1, 0.15) is 15.9 Å². The Kier molecular flexibility index (Phi) is 3.83. The number of fused-ring (bicyclic) bond motifs is 1. The van der Waals surface area contributed by atoms with Crippen molar-refractivity contribution in [2.24, 2.45) is 7.05 Å². The number of carbonyl (C=O) groups is 1. The van der Waals surface area contributed by atoms with Gasteiger partial charge in [0.05, 0.1) is 12.7 Å². The van der Waals surface area contributed by atoms with E-state index in [1.54, 1.807) is 12.1 Å². The lowest BCUT2D eigenvalue weighted by atomic mass is 10.1. The van der Waals surface area contributed by atoms with Crippen molar-refractivity contribution >= 4 is 22.6 Å². The molecule has 0 fully saturated rings. The van der Waals surface area contributed by atoms with Crippen LogP contribution < -0.4 is 5.32 Å². The molecule has 1 aromatic heterocycles. The second-order valence-electron chi connectivity index (χ2n) is 5.24. The Morgan fingerprint density at radius 1 is 1.14 bits per heavy atom. The first-order valence-corrected chi connectivity index (χ1v) is 7.13. The molecule has 2 aromatic carbocycles. The van der Waals surface area contributed by atoms with Crippen LogP contribution in [0.2, 0.25) is 0 Å². The Morgan fingerprint density at radius 3 is 2.64 bits per heavy atom. The minimum absolute atomic E-state index is 0.311. The molecule has 0 bridgehead atoms. The normalized spacial score (nSPS) is 10.6. The maximum absolute atomic E-state index is 11.4. The largest absolute Gasteiger partial charge is 0.465 e. The van der Waals surface area contributed by atoms with Gasteiger partial charge in [0.2, 0.25) is 0 Å². The summed E-state index contributed by atoms with van der Waals surface area (Å²) in [4.78, 5) is 11.4. The molecule has 0 aliphatic heterocycles. The molecular formula is C18H18N2O2. The van der Waals surface area contributed by atoms with E-state index in [0.717, 1.165) is 11.3 Å². The van der Waals surface area contributed by atoms with Crippen molar-refractivity contribution in [1.82, 2.24) is 4.57 Å². The lowest BCUT2D eigenvalue weighted by Gasteiger charge is -2.08. The number of aromatic nitrogens is 1. The van der Waals surface area contributed by atoms with Gasteiger partial charge in [-0.25, -0.2) is 4.79 Å². The average molecular weight is 294 g/mol. The highest BCUT2D eigenvalue weighted by molar-refractivity contribution is 5.89. The second-order valence-corrected chi connectivity index (χ2v) is 5.24. The number of rotatable bonds is 4. The molecule has 3 rings (SSSR count). The summed E-state index contributed by atoms with van der Waals surface area (Å²) in [5.41, 5.74) is 3.97. The molecule has 4 nitrogen and oxygen atoms in total. The van der Waals surface area contributed by atoms with Crippen LogP contribution in [0.5, 0.6) is 0 Å². The number of anilines is 1. The molecule has 0 spiro atoms. The summed E-state index contributed by atoms with van der Waals surface area (Å²) in [6, 6.07) is 15.8. The van der Waals surface area contributed by atoms with Gasteiger partial charge in [0.25, 0.3) is 0 Å². The van der Waals surface area contributed by atoms with Gasteiger partial charge in [-0.05, 0) is 42.0 Å². The zero-order chi connectivity index (χ0) is 15.5. The number of hydrogen-bond donors (Lipinski definition) is 1. The fourth-order valence-corrected chi connectivity index (χ4v) is 2.47. The molecule has 112 valence electrons. The summed E-state index contributed by atoms with van der Waals surface area (Å²) in [5.74, 6) is -0.311. The van der Waals surface area contributed by atoms with Crippen molar-refractivity contribution in [2.75, 3.05) is 12.4 Å². The molecule has 0 unspecified atom stereocenters. The summed E-state index contributed by atoms with van der Waals surface area (Å²) in [6.07, 6.45) is 2.06. The highest BCUT2D eigenvalue weighted by Gasteiger charge is 2.04. The van der Waals surface area contributed by atoms with E-state index in [1.165, 1.54) is 18.0 Å². The molecule has 4 heteroatoms. The fourth-order valence-electron chi connectivity index (χ4n) is 2.47. The summed E-state index contributed by atoms with van der Waals surface area (Å²) in [7, 11) is 3.43. The van der Waals surface area contributed by atoms with Crippen LogP contribution in [0.4, 0.5) is 5.69 Å². The first-order chi connectivity index (χ1) is 10.7. The van der Waals surface area contributed by atoms with Crippen LogP contribution in [0.3, 0.4) is 0 Å². The SMILES string of the molecule is COC(=O)c1ccc(CNc2ccc3c(ccn3C)c2)cc1. The topological polar surface area (TPSA) is 43.3 Å². The smallest absolute Gasteiger partial charge is 0.337 e. The number of benzene rings is 2. The Bertz CT molecular complexity index is 804. The van der Waals surface area contributed by atoms with Crippen molar-refractivity contribution in [1.29, 1.82) is 0 Å². The van der Waals surface area contributed by atoms with Crippen LogP contribution in [0.15, 0.2) is 54.7 Å². The number of hydrogen-bond acceptors (Lipinski definition) is 3. The first-order valence-electron chi connectivity index (χ1n) is 7.13. The Hall–Kier alpha value is -2.75. The number of nitrogens with one attached hydrogen (secondary N) is 1. The van der Waals surface area contributed by atoms with Crippen LogP contribution >= 0.6 is 0 Å². The van der Waals surface area contributed by atoms with E-state index < -0.39 is 0 Å². The third-order valence-corrected chi connectivity index (χ3v) is 3.76. The zero-order valence-corrected chi connectivity index (χ0v) is 12.7. The minimum Gasteiger partial charge on any atom is -0.465 e. The van der Waals surface area contributed by atoms with Crippen molar-refractivity contribution < 1.29 is 9.53 Å². The quantitative estimate of drug-likeness (QED) is 0.748. The summed E-state index contributed by atoms with van der Waals surface area (Å²) >= 11 is 0. The van der Waals surface area contributed by atoms with Crippen LogP contribution in [-0.4, -0.2) is 17.6 Å². The van der Waals surface area contributed by atoms with E-state index in [9.17, 15) is 4.79 Å². The van der Waals surface area contributed by atoms with Gasteiger partial charge < -0.3 is 14.6 Å². The maximum atomic E-state index is 11.4. The summed E-state index contributed by atoms with van der Waals surface area (Å²) < 4.78 is 6.79. The molecule has 0 aliphatic carbocycles. The lowest BCUT2D eigenvalue weighted by molar-refractivity contribution is 0.0600. The van der Waals surface area contributed by atoms with Gasteiger partial charge in [-0.3, -0.25) is 0 Å². The number of methoxy groups -OCH3 is 1. The van der Waals surface area contributed by atoms with Gasteiger partial charge in [0, 0.05) is 36.4 Å². The number of aryl methyl sites for hydroxylation is 1. The molecule has 0 saturated carbocycles. The standard InChI is InChI=1S/C18H18N2O2/c1-20-10-9-15-11-16(7-8-17(15)20)19-12-13-3-5-14(6-4-13)18(21)22-2/h3-11,19H,12H2,1-2H3. The lowest BCUT2D eigenvalue weighted by Crippen LogP contribution is -2.03. The van der Waals surface area contributed by atoms with Crippen LogP contribution in [0.25, 0.3) is 10.9 Å². The monoisotopic (exact) mass is 294 g/mol. The van der Waals surface area contributed by atoms with E-state index >= 15 is 0 Å². The molecule has 0 atom stereocenters. The maximum Gasteiger partial charge on any atom is 0.337 e. The fraction of sp³-hybridized carbons (Fsp3) is 0.167. The molecule has 0 aliphatic rings. The van der Waals surface area contributed by atoms with Crippen LogP contribution in [-0.2, 0) is 18.3 Å². The summed E-state index contributed by atoms with van der Waals surface area (Å²) in [6.45, 7) is 0.708. The zero-order valence-electron chi connectivity index (χ0n) is 12.7. The van der Waals surface area contributed by atoms with Crippen molar-refractivity contribution in [2.45, 2.75) is 6.54 Å². The van der Waals surface area contributed by atoms with E-state index in [2.05, 4.69) is 40.3 Å². The molecular weight excluding hydrogens is 276 g/mol. The van der Waals surface area contributed by atoms with Gasteiger partial charge >= 0.3 is 5.97 Å². The van der Waals surface area contributed by atoms with E-state index in [4.69, 9.17) is 4.74 Å². The molecule has 0 amide bonds. The van der Waals surface area contributed by atoms with Gasteiger partial charge in [-0.1, -0.05) is 12.1 Å². The molecule has 3 aromatic rings. The Labute approximate surface area is 129 Å². The number of ether oxygens (including phenoxy) is 1. The Morgan fingerprint density at radius 2 is 1.91 bits per heavy atom. The third kappa shape index (κ3) is 2.81. The average Bonchev–Trinajstić information content (AvgIpc) is 2.93. The highest BCUT2D eigenvalue weighted by Crippen LogP contribution is 2.20. The van der Waals surface area contributed by atoms with Crippen LogP contribution in [0, 0.1) is 0 Å². The predicted octanol–water partition coefficient (Wildman–Crippen LogP) is 3.58. The van der Waals surface area contributed by atoms with Crippen molar-refractivity contribution in [3.8, 4) is 0 Å². The van der Waals surface area contributed by atoms with E-state index in [0.29, 0.717) is 12.1 Å². The van der Waals surface area contributed by atoms with E-state index in [1.807, 2.05) is 19.2 Å². The second kappa shape index (κ2) is 5.93. The van der Waals surface area contributed by atoms with Crippen molar-refractivity contribution in [3.05, 3.63) is 65.9 Å². The van der Waals surface area contributed by atoms with Gasteiger partial charge in [-0.2, -0.15) is 0 Å². The molecule has 0 radical (unpaired) electrons. The summed E-state index contributed by atoms with van der Waals surface area (Å²) in [5, 5.41) is 4.62. The Balaban J connectivity index is 1.69. The molecule has 1 heterocycles.